The summed E-state index contributed by atoms with van der Waals surface area (Å²) >= 11 is 0. The van der Waals surface area contributed by atoms with Gasteiger partial charge in [0, 0.05) is 18.2 Å². The standard InChI is InChI=1S/C16H16N2O3S/c19-22(16-12-7-9-20-14(12)6-8-17-16)10-13-11-4-2-1-3-5-15(11)21-18-13/h6-9H,1-5,10H2. The van der Waals surface area contributed by atoms with E-state index in [1.807, 2.05) is 0 Å². The van der Waals surface area contributed by atoms with E-state index in [0.29, 0.717) is 16.4 Å². The Bertz CT molecular complexity index is 837. The first-order valence-electron chi connectivity index (χ1n) is 7.50. The lowest BCUT2D eigenvalue weighted by Gasteiger charge is -2.02. The molecule has 0 N–H and O–H groups in total. The van der Waals surface area contributed by atoms with Crippen LogP contribution in [0.15, 0.2) is 38.6 Å². The predicted molar refractivity (Wildman–Crippen MR) is 81.9 cm³/mol. The number of pyridine rings is 1. The van der Waals surface area contributed by atoms with Crippen LogP contribution in [0.25, 0.3) is 11.0 Å². The Hall–Kier alpha value is -1.95. The number of furan rings is 1. The summed E-state index contributed by atoms with van der Waals surface area (Å²) in [6, 6.07) is 3.58. The molecule has 0 radical (unpaired) electrons. The highest BCUT2D eigenvalue weighted by Crippen LogP contribution is 2.27. The van der Waals surface area contributed by atoms with Gasteiger partial charge in [0.15, 0.2) is 0 Å². The summed E-state index contributed by atoms with van der Waals surface area (Å²) in [5.74, 6) is 1.31. The molecule has 4 rings (SSSR count). The molecule has 6 heteroatoms. The molecule has 22 heavy (non-hydrogen) atoms. The predicted octanol–water partition coefficient (Wildman–Crippen LogP) is 3.39. The van der Waals surface area contributed by atoms with Gasteiger partial charge in [0.05, 0.1) is 33.9 Å². The zero-order valence-electron chi connectivity index (χ0n) is 12.1. The maximum Gasteiger partial charge on any atom is 0.140 e. The molecule has 0 spiro atoms. The van der Waals surface area contributed by atoms with Crippen LogP contribution in [0.2, 0.25) is 0 Å². The number of aryl methyl sites for hydroxylation is 1. The van der Waals surface area contributed by atoms with Gasteiger partial charge in [0.1, 0.15) is 16.4 Å². The van der Waals surface area contributed by atoms with Gasteiger partial charge in [-0.25, -0.2) is 4.98 Å². The lowest BCUT2D eigenvalue weighted by atomic mass is 10.1. The molecule has 0 bridgehead atoms. The van der Waals surface area contributed by atoms with Crippen LogP contribution in [-0.4, -0.2) is 14.3 Å². The monoisotopic (exact) mass is 316 g/mol. The molecule has 3 aromatic heterocycles. The second kappa shape index (κ2) is 5.68. The number of aromatic nitrogens is 2. The van der Waals surface area contributed by atoms with E-state index in [0.717, 1.165) is 48.1 Å². The first-order chi connectivity index (χ1) is 10.8. The highest BCUT2D eigenvalue weighted by molar-refractivity contribution is 7.84. The summed E-state index contributed by atoms with van der Waals surface area (Å²) in [4.78, 5) is 4.27. The van der Waals surface area contributed by atoms with Gasteiger partial charge in [0.25, 0.3) is 0 Å². The number of hydrogen-bond donors (Lipinski definition) is 0. The van der Waals surface area contributed by atoms with Crippen molar-refractivity contribution in [2.24, 2.45) is 0 Å². The lowest BCUT2D eigenvalue weighted by molar-refractivity contribution is 0.376. The number of hydrogen-bond acceptors (Lipinski definition) is 5. The van der Waals surface area contributed by atoms with Crippen molar-refractivity contribution in [2.75, 3.05) is 0 Å². The second-order valence-electron chi connectivity index (χ2n) is 5.53. The maximum atomic E-state index is 12.7. The molecule has 0 aliphatic heterocycles. The van der Waals surface area contributed by atoms with Gasteiger partial charge in [-0.05, 0) is 31.4 Å². The van der Waals surface area contributed by atoms with Crippen molar-refractivity contribution in [1.29, 1.82) is 0 Å². The van der Waals surface area contributed by atoms with Crippen molar-refractivity contribution in [2.45, 2.75) is 42.9 Å². The Morgan fingerprint density at radius 1 is 1.18 bits per heavy atom. The molecule has 0 saturated carbocycles. The zero-order chi connectivity index (χ0) is 14.9. The normalized spacial score (nSPS) is 16.4. The second-order valence-corrected chi connectivity index (χ2v) is 6.90. The highest BCUT2D eigenvalue weighted by atomic mass is 32.2. The van der Waals surface area contributed by atoms with E-state index in [-0.39, 0.29) is 0 Å². The summed E-state index contributed by atoms with van der Waals surface area (Å²) in [6.07, 6.45) is 8.61. The van der Waals surface area contributed by atoms with Crippen LogP contribution in [0.4, 0.5) is 0 Å². The summed E-state index contributed by atoms with van der Waals surface area (Å²) < 4.78 is 23.5. The Morgan fingerprint density at radius 2 is 2.09 bits per heavy atom. The zero-order valence-corrected chi connectivity index (χ0v) is 12.9. The summed E-state index contributed by atoms with van der Waals surface area (Å²) in [7, 11) is -1.26. The van der Waals surface area contributed by atoms with Gasteiger partial charge in [-0.15, -0.1) is 0 Å². The fourth-order valence-corrected chi connectivity index (χ4v) is 4.19. The van der Waals surface area contributed by atoms with Gasteiger partial charge >= 0.3 is 0 Å². The van der Waals surface area contributed by atoms with Crippen LogP contribution in [0.3, 0.4) is 0 Å². The third kappa shape index (κ3) is 2.37. The quantitative estimate of drug-likeness (QED) is 0.693. The topological polar surface area (TPSA) is 69.1 Å². The Balaban J connectivity index is 1.65. The van der Waals surface area contributed by atoms with Gasteiger partial charge in [-0.3, -0.25) is 4.21 Å². The Kier molecular flexibility index (Phi) is 3.54. The van der Waals surface area contributed by atoms with Crippen LogP contribution in [-0.2, 0) is 29.4 Å². The van der Waals surface area contributed by atoms with Gasteiger partial charge in [-0.2, -0.15) is 0 Å². The van der Waals surface area contributed by atoms with Crippen molar-refractivity contribution >= 4 is 21.8 Å². The minimum absolute atomic E-state index is 0.343. The fourth-order valence-electron chi connectivity index (χ4n) is 2.98. The average Bonchev–Trinajstić information content (AvgIpc) is 3.08. The smallest absolute Gasteiger partial charge is 0.140 e. The van der Waals surface area contributed by atoms with Crippen LogP contribution < -0.4 is 0 Å². The first-order valence-corrected chi connectivity index (χ1v) is 8.82. The number of nitrogens with zero attached hydrogens (tertiary/aromatic N) is 2. The van der Waals surface area contributed by atoms with Crippen molar-refractivity contribution in [3.8, 4) is 0 Å². The molecule has 114 valence electrons. The van der Waals surface area contributed by atoms with Crippen LogP contribution >= 0.6 is 0 Å². The van der Waals surface area contributed by atoms with E-state index in [2.05, 4.69) is 10.1 Å². The Labute approximate surface area is 130 Å². The van der Waals surface area contributed by atoms with E-state index in [1.54, 1.807) is 24.6 Å². The average molecular weight is 316 g/mol. The summed E-state index contributed by atoms with van der Waals surface area (Å²) in [5, 5.41) is 5.51. The van der Waals surface area contributed by atoms with E-state index < -0.39 is 10.8 Å². The fraction of sp³-hybridized carbons (Fsp3) is 0.375. The highest BCUT2D eigenvalue weighted by Gasteiger charge is 2.21. The minimum atomic E-state index is -1.26. The summed E-state index contributed by atoms with van der Waals surface area (Å²) in [5.41, 5.74) is 2.68. The molecular formula is C16H16N2O3S. The number of rotatable bonds is 3. The van der Waals surface area contributed by atoms with Crippen LogP contribution in [0, 0.1) is 0 Å². The molecule has 0 fully saturated rings. The van der Waals surface area contributed by atoms with E-state index in [4.69, 9.17) is 8.94 Å². The van der Waals surface area contributed by atoms with Gasteiger partial charge < -0.3 is 8.94 Å². The third-order valence-electron chi connectivity index (χ3n) is 4.11. The SMILES string of the molecule is O=S(Cc1noc2c1CCCCC2)c1nccc2occc12. The molecule has 5 nitrogen and oxygen atoms in total. The van der Waals surface area contributed by atoms with E-state index >= 15 is 0 Å². The maximum absolute atomic E-state index is 12.7. The Morgan fingerprint density at radius 3 is 3.05 bits per heavy atom. The van der Waals surface area contributed by atoms with E-state index in [9.17, 15) is 4.21 Å². The van der Waals surface area contributed by atoms with Crippen LogP contribution in [0.1, 0.15) is 36.3 Å². The molecular weight excluding hydrogens is 300 g/mol. The molecule has 1 atom stereocenters. The molecule has 3 aromatic rings. The van der Waals surface area contributed by atoms with Crippen molar-refractivity contribution < 1.29 is 13.1 Å². The molecule has 0 saturated heterocycles. The molecule has 3 heterocycles. The minimum Gasteiger partial charge on any atom is -0.464 e. The molecule has 0 amide bonds. The van der Waals surface area contributed by atoms with Crippen molar-refractivity contribution in [3.63, 3.8) is 0 Å². The molecule has 0 aromatic carbocycles. The van der Waals surface area contributed by atoms with Gasteiger partial charge in [0.2, 0.25) is 0 Å². The lowest BCUT2D eigenvalue weighted by Crippen LogP contribution is -2.02. The van der Waals surface area contributed by atoms with Gasteiger partial charge in [-0.1, -0.05) is 11.6 Å². The number of fused-ring (bicyclic) bond motifs is 2. The molecule has 1 aliphatic rings. The van der Waals surface area contributed by atoms with Crippen LogP contribution in [0.5, 0.6) is 0 Å². The molecule has 1 aliphatic carbocycles. The molecule has 1 unspecified atom stereocenters. The first kappa shape index (κ1) is 13.7. The van der Waals surface area contributed by atoms with Crippen molar-refractivity contribution in [1.82, 2.24) is 10.1 Å². The van der Waals surface area contributed by atoms with Crippen molar-refractivity contribution in [3.05, 3.63) is 41.6 Å². The largest absolute Gasteiger partial charge is 0.464 e. The third-order valence-corrected chi connectivity index (χ3v) is 5.40. The van der Waals surface area contributed by atoms with E-state index in [1.165, 1.54) is 6.42 Å². The summed E-state index contributed by atoms with van der Waals surface area (Å²) in [6.45, 7) is 0.